The van der Waals surface area contributed by atoms with Gasteiger partial charge in [0.2, 0.25) is 11.8 Å². The van der Waals surface area contributed by atoms with Crippen LogP contribution >= 0.6 is 0 Å². The highest BCUT2D eigenvalue weighted by Gasteiger charge is 2.39. The third kappa shape index (κ3) is 3.60. The normalized spacial score (nSPS) is 23.6. The molecule has 0 aromatic heterocycles. The lowest BCUT2D eigenvalue weighted by Gasteiger charge is -2.32. The number of amides is 2. The number of hydrogen-bond acceptors (Lipinski definition) is 4. The number of carbonyl (C=O) groups excluding carboxylic acids is 2. The highest BCUT2D eigenvalue weighted by Crippen LogP contribution is 2.29. The van der Waals surface area contributed by atoms with Crippen LogP contribution in [0.4, 0.5) is 5.69 Å². The Kier molecular flexibility index (Phi) is 4.92. The van der Waals surface area contributed by atoms with E-state index in [1.165, 1.54) is 0 Å². The fourth-order valence-electron chi connectivity index (χ4n) is 3.52. The smallest absolute Gasteiger partial charge is 0.308 e. The van der Waals surface area contributed by atoms with Gasteiger partial charge in [0, 0.05) is 31.7 Å². The first-order valence-electron chi connectivity index (χ1n) is 8.45. The van der Waals surface area contributed by atoms with Crippen molar-refractivity contribution in [3.63, 3.8) is 0 Å². The van der Waals surface area contributed by atoms with E-state index in [-0.39, 0.29) is 24.8 Å². The Morgan fingerprint density at radius 1 is 1.16 bits per heavy atom. The van der Waals surface area contributed by atoms with Gasteiger partial charge in [0.1, 0.15) is 5.75 Å². The number of aliphatic carboxylic acids is 1. The van der Waals surface area contributed by atoms with Crippen molar-refractivity contribution >= 4 is 23.5 Å². The minimum Gasteiger partial charge on any atom is -0.497 e. The number of nitrogens with zero attached hydrogens (tertiary/aromatic N) is 2. The van der Waals surface area contributed by atoms with Crippen molar-refractivity contribution in [2.24, 2.45) is 11.8 Å². The lowest BCUT2D eigenvalue weighted by Crippen LogP contribution is -2.45. The molecular weight excluding hydrogens is 324 g/mol. The van der Waals surface area contributed by atoms with E-state index < -0.39 is 17.8 Å². The van der Waals surface area contributed by atoms with Gasteiger partial charge in [0.25, 0.3) is 0 Å². The van der Waals surface area contributed by atoms with Crippen molar-refractivity contribution in [1.82, 2.24) is 4.90 Å². The molecule has 2 amide bonds. The number of ether oxygens (including phenoxy) is 1. The molecule has 25 heavy (non-hydrogen) atoms. The molecule has 0 radical (unpaired) electrons. The molecule has 2 aliphatic heterocycles. The van der Waals surface area contributed by atoms with Crippen molar-refractivity contribution in [3.05, 3.63) is 24.3 Å². The number of carboxylic acid groups (broad SMARTS) is 1. The molecule has 1 N–H and O–H groups in total. The number of hydrogen-bond donors (Lipinski definition) is 1. The molecule has 0 bridgehead atoms. The van der Waals surface area contributed by atoms with Crippen LogP contribution in [0.3, 0.4) is 0 Å². The summed E-state index contributed by atoms with van der Waals surface area (Å²) in [4.78, 5) is 39.4. The Morgan fingerprint density at radius 2 is 1.88 bits per heavy atom. The Balaban J connectivity index is 1.66. The average molecular weight is 346 g/mol. The van der Waals surface area contributed by atoms with Crippen LogP contribution in [-0.4, -0.2) is 54.5 Å². The zero-order valence-corrected chi connectivity index (χ0v) is 14.2. The summed E-state index contributed by atoms with van der Waals surface area (Å²) in [5, 5.41) is 9.17. The Morgan fingerprint density at radius 3 is 2.52 bits per heavy atom. The standard InChI is InChI=1S/C18H22N2O5/c1-25-15-6-4-14(5-7-15)20-11-13(9-16(20)21)17(22)19-8-2-3-12(10-19)18(23)24/h4-7,12-13H,2-3,8-11H2,1H3,(H,23,24). The molecule has 2 saturated heterocycles. The second-order valence-corrected chi connectivity index (χ2v) is 6.57. The molecular formula is C18H22N2O5. The van der Waals surface area contributed by atoms with Gasteiger partial charge in [-0.05, 0) is 37.1 Å². The molecule has 1 aromatic rings. The topological polar surface area (TPSA) is 87.2 Å². The molecule has 7 heteroatoms. The highest BCUT2D eigenvalue weighted by molar-refractivity contribution is 6.00. The van der Waals surface area contributed by atoms with Gasteiger partial charge in [-0.1, -0.05) is 0 Å². The molecule has 0 spiro atoms. The lowest BCUT2D eigenvalue weighted by molar-refractivity contribution is -0.146. The summed E-state index contributed by atoms with van der Waals surface area (Å²) in [6.45, 7) is 1.13. The van der Waals surface area contributed by atoms with Crippen LogP contribution in [0.15, 0.2) is 24.3 Å². The molecule has 2 unspecified atom stereocenters. The maximum Gasteiger partial charge on any atom is 0.308 e. The van der Waals surface area contributed by atoms with Crippen molar-refractivity contribution < 1.29 is 24.2 Å². The molecule has 134 valence electrons. The number of methoxy groups -OCH3 is 1. The Labute approximate surface area is 146 Å². The fraction of sp³-hybridized carbons (Fsp3) is 0.500. The lowest BCUT2D eigenvalue weighted by atomic mass is 9.96. The van der Waals surface area contributed by atoms with Crippen molar-refractivity contribution in [2.75, 3.05) is 31.6 Å². The number of anilines is 1. The fourth-order valence-corrected chi connectivity index (χ4v) is 3.52. The van der Waals surface area contributed by atoms with E-state index in [9.17, 15) is 14.4 Å². The van der Waals surface area contributed by atoms with E-state index in [1.807, 2.05) is 0 Å². The van der Waals surface area contributed by atoms with Crippen molar-refractivity contribution in [2.45, 2.75) is 19.3 Å². The van der Waals surface area contributed by atoms with Gasteiger partial charge >= 0.3 is 5.97 Å². The second-order valence-electron chi connectivity index (χ2n) is 6.57. The maximum absolute atomic E-state index is 12.7. The van der Waals surface area contributed by atoms with Crippen LogP contribution in [0, 0.1) is 11.8 Å². The van der Waals surface area contributed by atoms with E-state index in [0.29, 0.717) is 31.7 Å². The molecule has 0 saturated carbocycles. The molecule has 2 aliphatic rings. The van der Waals surface area contributed by atoms with Gasteiger partial charge < -0.3 is 19.6 Å². The predicted molar refractivity (Wildman–Crippen MR) is 90.4 cm³/mol. The van der Waals surface area contributed by atoms with Crippen molar-refractivity contribution in [1.29, 1.82) is 0 Å². The quantitative estimate of drug-likeness (QED) is 0.890. The van der Waals surface area contributed by atoms with Gasteiger partial charge in [0.05, 0.1) is 18.9 Å². The number of carbonyl (C=O) groups is 3. The number of carboxylic acids is 1. The highest BCUT2D eigenvalue weighted by atomic mass is 16.5. The molecule has 0 aliphatic carbocycles. The summed E-state index contributed by atoms with van der Waals surface area (Å²) in [6.07, 6.45) is 1.45. The average Bonchev–Trinajstić information content (AvgIpc) is 3.03. The van der Waals surface area contributed by atoms with Crippen LogP contribution in [0.5, 0.6) is 5.75 Å². The Bertz CT molecular complexity index is 673. The van der Waals surface area contributed by atoms with Gasteiger partial charge in [-0.15, -0.1) is 0 Å². The van der Waals surface area contributed by atoms with E-state index in [4.69, 9.17) is 9.84 Å². The summed E-state index contributed by atoms with van der Waals surface area (Å²) in [6, 6.07) is 7.15. The summed E-state index contributed by atoms with van der Waals surface area (Å²) in [5.41, 5.74) is 0.739. The molecule has 2 fully saturated rings. The Hall–Kier alpha value is -2.57. The maximum atomic E-state index is 12.7. The summed E-state index contributed by atoms with van der Waals surface area (Å²) in [7, 11) is 1.58. The number of piperidine rings is 1. The molecule has 3 rings (SSSR count). The zero-order valence-electron chi connectivity index (χ0n) is 14.2. The zero-order chi connectivity index (χ0) is 18.0. The SMILES string of the molecule is COc1ccc(N2CC(C(=O)N3CCCC(C(=O)O)C3)CC2=O)cc1. The first-order chi connectivity index (χ1) is 12.0. The van der Waals surface area contributed by atoms with Crippen LogP contribution < -0.4 is 9.64 Å². The minimum atomic E-state index is -0.861. The number of rotatable bonds is 4. The predicted octanol–water partition coefficient (Wildman–Crippen LogP) is 1.37. The van der Waals surface area contributed by atoms with E-state index >= 15 is 0 Å². The monoisotopic (exact) mass is 346 g/mol. The van der Waals surface area contributed by atoms with Gasteiger partial charge in [-0.3, -0.25) is 14.4 Å². The van der Waals surface area contributed by atoms with Crippen LogP contribution in [0.2, 0.25) is 0 Å². The largest absolute Gasteiger partial charge is 0.497 e. The van der Waals surface area contributed by atoms with Crippen LogP contribution in [0.25, 0.3) is 0 Å². The molecule has 2 heterocycles. The van der Waals surface area contributed by atoms with Crippen LogP contribution in [0.1, 0.15) is 19.3 Å². The summed E-state index contributed by atoms with van der Waals surface area (Å²) >= 11 is 0. The third-order valence-corrected chi connectivity index (χ3v) is 4.94. The molecule has 7 nitrogen and oxygen atoms in total. The van der Waals surface area contributed by atoms with Gasteiger partial charge in [0.15, 0.2) is 0 Å². The second kappa shape index (κ2) is 7.13. The van der Waals surface area contributed by atoms with E-state index in [1.54, 1.807) is 41.2 Å². The third-order valence-electron chi connectivity index (χ3n) is 4.94. The van der Waals surface area contributed by atoms with Crippen LogP contribution in [-0.2, 0) is 14.4 Å². The molecule has 1 aromatic carbocycles. The van der Waals surface area contributed by atoms with Gasteiger partial charge in [-0.2, -0.15) is 0 Å². The molecule has 2 atom stereocenters. The minimum absolute atomic E-state index is 0.0877. The van der Waals surface area contributed by atoms with Crippen molar-refractivity contribution in [3.8, 4) is 5.75 Å². The first kappa shape index (κ1) is 17.3. The number of benzene rings is 1. The summed E-state index contributed by atoms with van der Waals surface area (Å²) in [5.74, 6) is -1.28. The van der Waals surface area contributed by atoms with Gasteiger partial charge in [-0.25, -0.2) is 0 Å². The first-order valence-corrected chi connectivity index (χ1v) is 8.45. The summed E-state index contributed by atoms with van der Waals surface area (Å²) < 4.78 is 5.11. The van der Waals surface area contributed by atoms with E-state index in [0.717, 1.165) is 5.69 Å². The van der Waals surface area contributed by atoms with E-state index in [2.05, 4.69) is 0 Å². The number of likely N-dealkylation sites (tertiary alicyclic amines) is 1.